The molecule has 2 heterocycles. The van der Waals surface area contributed by atoms with Gasteiger partial charge in [-0.3, -0.25) is 14.5 Å². The number of benzene rings is 1. The Morgan fingerprint density at radius 2 is 2.11 bits per heavy atom. The maximum absolute atomic E-state index is 12.5. The molecule has 2 atom stereocenters. The Hall–Kier alpha value is -1.49. The van der Waals surface area contributed by atoms with Crippen molar-refractivity contribution in [1.29, 1.82) is 0 Å². The lowest BCUT2D eigenvalue weighted by Crippen LogP contribution is -2.46. The minimum Gasteiger partial charge on any atom is -0.398 e. The smallest absolute Gasteiger partial charge is 0.263 e. The molecular weight excluding hydrogens is 260 g/mol. The van der Waals surface area contributed by atoms with Crippen molar-refractivity contribution in [3.05, 3.63) is 29.3 Å². The van der Waals surface area contributed by atoms with E-state index in [0.717, 1.165) is 18.6 Å². The zero-order chi connectivity index (χ0) is 13.6. The summed E-state index contributed by atoms with van der Waals surface area (Å²) in [6, 6.07) is 5.08. The molecule has 3 rings (SSSR count). The van der Waals surface area contributed by atoms with Crippen LogP contribution in [0.4, 0.5) is 5.69 Å². The molecule has 1 aromatic rings. The van der Waals surface area contributed by atoms with Crippen molar-refractivity contribution < 1.29 is 9.59 Å². The predicted molar refractivity (Wildman–Crippen MR) is 76.3 cm³/mol. The van der Waals surface area contributed by atoms with E-state index in [2.05, 4.69) is 6.92 Å². The van der Waals surface area contributed by atoms with Crippen molar-refractivity contribution in [2.24, 2.45) is 0 Å². The van der Waals surface area contributed by atoms with E-state index in [0.29, 0.717) is 16.8 Å². The highest BCUT2D eigenvalue weighted by atomic mass is 32.2. The van der Waals surface area contributed by atoms with Crippen LogP contribution in [0.1, 0.15) is 40.5 Å². The molecule has 1 fully saturated rings. The van der Waals surface area contributed by atoms with E-state index in [1.807, 2.05) is 11.8 Å². The third-order valence-corrected chi connectivity index (χ3v) is 5.24. The first-order valence-corrected chi connectivity index (χ1v) is 7.54. The Labute approximate surface area is 116 Å². The lowest BCUT2D eigenvalue weighted by atomic mass is 10.1. The van der Waals surface area contributed by atoms with Crippen LogP contribution in [0.15, 0.2) is 18.2 Å². The highest BCUT2D eigenvalue weighted by Gasteiger charge is 2.43. The van der Waals surface area contributed by atoms with Crippen molar-refractivity contribution in [1.82, 2.24) is 4.90 Å². The van der Waals surface area contributed by atoms with E-state index in [1.54, 1.807) is 18.2 Å². The number of carbonyl (C=O) groups excluding carboxylic acids is 2. The van der Waals surface area contributed by atoms with E-state index < -0.39 is 0 Å². The maximum Gasteiger partial charge on any atom is 0.263 e. The lowest BCUT2D eigenvalue weighted by Gasteiger charge is -2.34. The molecule has 2 amide bonds. The lowest BCUT2D eigenvalue weighted by molar-refractivity contribution is 0.0573. The Kier molecular flexibility index (Phi) is 3.01. The molecule has 19 heavy (non-hydrogen) atoms. The molecule has 0 spiro atoms. The van der Waals surface area contributed by atoms with Crippen LogP contribution in [0.3, 0.4) is 0 Å². The van der Waals surface area contributed by atoms with Crippen molar-refractivity contribution in [2.75, 3.05) is 11.5 Å². The molecule has 2 aliphatic rings. The number of thioether (sulfide) groups is 1. The predicted octanol–water partition coefficient (Wildman–Crippen LogP) is 2.15. The van der Waals surface area contributed by atoms with Gasteiger partial charge < -0.3 is 5.73 Å². The molecule has 2 aliphatic heterocycles. The summed E-state index contributed by atoms with van der Waals surface area (Å²) < 4.78 is 0. The first-order chi connectivity index (χ1) is 9.11. The Bertz CT molecular complexity index is 558. The second kappa shape index (κ2) is 4.56. The number of anilines is 1. The summed E-state index contributed by atoms with van der Waals surface area (Å²) in [5.74, 6) is 0.687. The number of amides is 2. The largest absolute Gasteiger partial charge is 0.398 e. The number of hydrogen-bond acceptors (Lipinski definition) is 4. The summed E-state index contributed by atoms with van der Waals surface area (Å²) >= 11 is 1.82. The van der Waals surface area contributed by atoms with Crippen molar-refractivity contribution in [2.45, 2.75) is 31.1 Å². The molecule has 2 unspecified atom stereocenters. The second-order valence-corrected chi connectivity index (χ2v) is 6.52. The van der Waals surface area contributed by atoms with Crippen LogP contribution in [0.2, 0.25) is 0 Å². The van der Waals surface area contributed by atoms with Crippen LogP contribution in [-0.4, -0.2) is 33.8 Å². The molecule has 1 aromatic carbocycles. The van der Waals surface area contributed by atoms with Crippen LogP contribution >= 0.6 is 11.8 Å². The van der Waals surface area contributed by atoms with Gasteiger partial charge >= 0.3 is 0 Å². The average molecular weight is 276 g/mol. The molecule has 4 nitrogen and oxygen atoms in total. The first kappa shape index (κ1) is 12.5. The molecule has 5 heteroatoms. The summed E-state index contributed by atoms with van der Waals surface area (Å²) in [5, 5.41) is 0.289. The van der Waals surface area contributed by atoms with Gasteiger partial charge in [-0.25, -0.2) is 0 Å². The van der Waals surface area contributed by atoms with Crippen molar-refractivity contribution in [3.63, 3.8) is 0 Å². The molecular formula is C14H16N2O2S. The van der Waals surface area contributed by atoms with E-state index >= 15 is 0 Å². The molecule has 2 N–H and O–H groups in total. The van der Waals surface area contributed by atoms with E-state index in [4.69, 9.17) is 5.73 Å². The van der Waals surface area contributed by atoms with Crippen molar-refractivity contribution >= 4 is 29.3 Å². The topological polar surface area (TPSA) is 63.4 Å². The third kappa shape index (κ3) is 1.84. The van der Waals surface area contributed by atoms with E-state index in [1.165, 1.54) is 4.90 Å². The van der Waals surface area contributed by atoms with Crippen LogP contribution in [0, 0.1) is 0 Å². The zero-order valence-electron chi connectivity index (χ0n) is 10.8. The SMILES string of the molecule is CC1SCCCC1N1C(=O)c2cccc(N)c2C1=O. The van der Waals surface area contributed by atoms with Crippen LogP contribution in [0.5, 0.6) is 0 Å². The number of hydrogen-bond donors (Lipinski definition) is 1. The third-order valence-electron chi connectivity index (χ3n) is 3.88. The number of nitrogens with two attached hydrogens (primary N) is 1. The van der Waals surface area contributed by atoms with Gasteiger partial charge in [-0.15, -0.1) is 0 Å². The molecule has 0 aliphatic carbocycles. The van der Waals surface area contributed by atoms with Gasteiger partial charge in [0.05, 0.1) is 17.2 Å². The molecule has 100 valence electrons. The Balaban J connectivity index is 2.00. The fourth-order valence-electron chi connectivity index (χ4n) is 2.88. The summed E-state index contributed by atoms with van der Waals surface area (Å²) in [7, 11) is 0. The number of nitrogens with zero attached hydrogens (tertiary/aromatic N) is 1. The van der Waals surface area contributed by atoms with Crippen molar-refractivity contribution in [3.8, 4) is 0 Å². The van der Waals surface area contributed by atoms with Gasteiger partial charge in [0.2, 0.25) is 0 Å². The minimum absolute atomic E-state index is 0.00875. The van der Waals surface area contributed by atoms with Gasteiger partial charge in [0, 0.05) is 10.9 Å². The van der Waals surface area contributed by atoms with Crippen LogP contribution in [-0.2, 0) is 0 Å². The maximum atomic E-state index is 12.5. The average Bonchev–Trinajstić information content (AvgIpc) is 2.64. The van der Waals surface area contributed by atoms with Gasteiger partial charge in [-0.1, -0.05) is 13.0 Å². The quantitative estimate of drug-likeness (QED) is 0.630. The summed E-state index contributed by atoms with van der Waals surface area (Å²) in [6.45, 7) is 2.08. The minimum atomic E-state index is -0.225. The summed E-state index contributed by atoms with van der Waals surface area (Å²) in [6.07, 6.45) is 1.93. The van der Waals surface area contributed by atoms with E-state index in [9.17, 15) is 9.59 Å². The normalized spacial score (nSPS) is 26.7. The highest BCUT2D eigenvalue weighted by molar-refractivity contribution is 7.99. The van der Waals surface area contributed by atoms with Crippen LogP contribution < -0.4 is 5.73 Å². The number of carbonyl (C=O) groups is 2. The van der Waals surface area contributed by atoms with Crippen LogP contribution in [0.25, 0.3) is 0 Å². The fraction of sp³-hybridized carbons (Fsp3) is 0.429. The van der Waals surface area contributed by atoms with Gasteiger partial charge in [0.1, 0.15) is 0 Å². The Morgan fingerprint density at radius 3 is 2.79 bits per heavy atom. The highest BCUT2D eigenvalue weighted by Crippen LogP contribution is 2.35. The molecule has 0 aromatic heterocycles. The number of rotatable bonds is 1. The first-order valence-electron chi connectivity index (χ1n) is 6.49. The Morgan fingerprint density at radius 1 is 1.32 bits per heavy atom. The number of nitrogen functional groups attached to an aromatic ring is 1. The van der Waals surface area contributed by atoms with E-state index in [-0.39, 0.29) is 23.1 Å². The molecule has 1 saturated heterocycles. The molecule has 0 saturated carbocycles. The fourth-order valence-corrected chi connectivity index (χ4v) is 4.06. The second-order valence-electron chi connectivity index (χ2n) is 5.04. The molecule has 0 bridgehead atoms. The van der Waals surface area contributed by atoms with Gasteiger partial charge in [0.25, 0.3) is 11.8 Å². The summed E-state index contributed by atoms with van der Waals surface area (Å²) in [4.78, 5) is 26.4. The van der Waals surface area contributed by atoms with Gasteiger partial charge in [-0.05, 0) is 30.7 Å². The number of imide groups is 1. The molecule has 0 radical (unpaired) electrons. The number of fused-ring (bicyclic) bond motifs is 1. The zero-order valence-corrected chi connectivity index (χ0v) is 11.6. The van der Waals surface area contributed by atoms with Gasteiger partial charge in [-0.2, -0.15) is 11.8 Å². The van der Waals surface area contributed by atoms with Gasteiger partial charge in [0.15, 0.2) is 0 Å². The standard InChI is InChI=1S/C14H16N2O2S/c1-8-11(6-3-7-19-8)16-13(17)9-4-2-5-10(15)12(9)14(16)18/h2,4-5,8,11H,3,6-7,15H2,1H3. The monoisotopic (exact) mass is 276 g/mol. The summed E-state index contributed by atoms with van der Waals surface area (Å²) in [5.41, 5.74) is 7.08.